The van der Waals surface area contributed by atoms with Crippen LogP contribution in [0.2, 0.25) is 10.0 Å². The Balaban J connectivity index is 1.58. The van der Waals surface area contributed by atoms with Gasteiger partial charge >= 0.3 is 0 Å². The van der Waals surface area contributed by atoms with Gasteiger partial charge in [-0.3, -0.25) is 24.1 Å². The fourth-order valence-electron chi connectivity index (χ4n) is 3.57. The molecule has 2 fully saturated rings. The number of carbonyl (C=O) groups excluding carboxylic acids is 4. The van der Waals surface area contributed by atoms with E-state index in [0.717, 1.165) is 23.1 Å². The molecule has 2 saturated heterocycles. The summed E-state index contributed by atoms with van der Waals surface area (Å²) in [5.74, 6) is -0.770. The van der Waals surface area contributed by atoms with E-state index in [9.17, 15) is 19.2 Å². The van der Waals surface area contributed by atoms with Crippen molar-refractivity contribution in [2.24, 2.45) is 5.41 Å². The Morgan fingerprint density at radius 2 is 1.97 bits per heavy atom. The first kappa shape index (κ1) is 24.6. The average molecular weight is 498 g/mol. The maximum Gasteiger partial charge on any atom is 0.293 e. The number of hydrogen-bond acceptors (Lipinski definition) is 5. The fraction of sp³-hybridized carbons (Fsp3) is 0.455. The van der Waals surface area contributed by atoms with Gasteiger partial charge in [-0.25, -0.2) is 0 Å². The zero-order valence-electron chi connectivity index (χ0n) is 18.1. The van der Waals surface area contributed by atoms with Gasteiger partial charge in [-0.1, -0.05) is 50.0 Å². The second kappa shape index (κ2) is 9.85. The van der Waals surface area contributed by atoms with Crippen molar-refractivity contribution >= 4 is 64.0 Å². The summed E-state index contributed by atoms with van der Waals surface area (Å²) in [6, 6.07) is 4.36. The highest BCUT2D eigenvalue weighted by atomic mass is 35.5. The van der Waals surface area contributed by atoms with Gasteiger partial charge in [0.05, 0.1) is 4.91 Å². The molecule has 1 aromatic carbocycles. The van der Waals surface area contributed by atoms with Gasteiger partial charge in [0.1, 0.15) is 6.04 Å². The molecule has 2 heterocycles. The first-order chi connectivity index (χ1) is 15.0. The second-order valence-electron chi connectivity index (χ2n) is 8.70. The Hall–Kier alpha value is -2.03. The summed E-state index contributed by atoms with van der Waals surface area (Å²) in [7, 11) is 0. The van der Waals surface area contributed by atoms with Crippen LogP contribution in [0.25, 0.3) is 6.08 Å². The summed E-state index contributed by atoms with van der Waals surface area (Å²) >= 11 is 12.9. The van der Waals surface area contributed by atoms with E-state index in [1.807, 2.05) is 20.8 Å². The first-order valence-corrected chi connectivity index (χ1v) is 11.9. The van der Waals surface area contributed by atoms with Crippen LogP contribution in [0, 0.1) is 5.41 Å². The smallest absolute Gasteiger partial charge is 0.293 e. The van der Waals surface area contributed by atoms with Gasteiger partial charge in [-0.2, -0.15) is 0 Å². The lowest BCUT2D eigenvalue weighted by atomic mass is 9.94. The Kier molecular flexibility index (Phi) is 7.57. The van der Waals surface area contributed by atoms with Crippen molar-refractivity contribution < 1.29 is 19.2 Å². The maximum absolute atomic E-state index is 12.7. The standard InChI is InChI=1S/C22H25Cl2N3O4S/c1-22(2,3)20(30)26-9-4-5-16(26)18(28)25-8-10-27-19(29)17(32-21(27)31)11-13-6-7-14(23)12-15(13)24/h6-7,11-12,16H,4-5,8-10H2,1-3H3,(H,25,28)/b17-11-. The quantitative estimate of drug-likeness (QED) is 0.616. The lowest BCUT2D eigenvalue weighted by Crippen LogP contribution is -2.50. The van der Waals surface area contributed by atoms with E-state index in [4.69, 9.17) is 23.2 Å². The number of amides is 4. The Morgan fingerprint density at radius 3 is 2.62 bits per heavy atom. The van der Waals surface area contributed by atoms with E-state index < -0.39 is 22.6 Å². The van der Waals surface area contributed by atoms with Gasteiger partial charge in [0, 0.05) is 35.1 Å². The van der Waals surface area contributed by atoms with Crippen molar-refractivity contribution in [3.05, 3.63) is 38.7 Å². The van der Waals surface area contributed by atoms with Crippen LogP contribution in [0.3, 0.4) is 0 Å². The van der Waals surface area contributed by atoms with Crippen LogP contribution in [-0.4, -0.2) is 58.4 Å². The van der Waals surface area contributed by atoms with E-state index >= 15 is 0 Å². The molecule has 0 aliphatic carbocycles. The molecule has 1 aromatic rings. The number of benzene rings is 1. The SMILES string of the molecule is CC(C)(C)C(=O)N1CCCC1C(=O)NCCN1C(=O)S/C(=C\c2ccc(Cl)cc2Cl)C1=O. The zero-order chi connectivity index (χ0) is 23.6. The van der Waals surface area contributed by atoms with Gasteiger partial charge in [0.25, 0.3) is 11.1 Å². The number of nitrogens with zero attached hydrogens (tertiary/aromatic N) is 2. The Bertz CT molecular complexity index is 990. The molecule has 2 aliphatic heterocycles. The zero-order valence-corrected chi connectivity index (χ0v) is 20.4. The number of imide groups is 1. The van der Waals surface area contributed by atoms with E-state index in [-0.39, 0.29) is 29.8 Å². The van der Waals surface area contributed by atoms with Crippen molar-refractivity contribution in [2.75, 3.05) is 19.6 Å². The monoisotopic (exact) mass is 497 g/mol. The van der Waals surface area contributed by atoms with Crippen molar-refractivity contribution in [2.45, 2.75) is 39.7 Å². The Morgan fingerprint density at radius 1 is 1.25 bits per heavy atom. The summed E-state index contributed by atoms with van der Waals surface area (Å²) in [4.78, 5) is 53.2. The number of rotatable bonds is 5. The van der Waals surface area contributed by atoms with Crippen LogP contribution >= 0.6 is 35.0 Å². The normalized spacial score (nSPS) is 20.4. The van der Waals surface area contributed by atoms with Crippen LogP contribution in [0.4, 0.5) is 4.79 Å². The molecule has 0 aromatic heterocycles. The van der Waals surface area contributed by atoms with E-state index in [1.54, 1.807) is 29.2 Å². The number of halogens is 2. The molecule has 7 nitrogen and oxygen atoms in total. The van der Waals surface area contributed by atoms with Crippen LogP contribution in [0.5, 0.6) is 0 Å². The number of carbonyl (C=O) groups is 4. The molecular formula is C22H25Cl2N3O4S. The predicted octanol–water partition coefficient (Wildman–Crippen LogP) is 4.18. The summed E-state index contributed by atoms with van der Waals surface area (Å²) in [5, 5.41) is 3.20. The summed E-state index contributed by atoms with van der Waals surface area (Å²) in [5.41, 5.74) is 0.0178. The highest BCUT2D eigenvalue weighted by Crippen LogP contribution is 2.34. The minimum Gasteiger partial charge on any atom is -0.353 e. The van der Waals surface area contributed by atoms with Gasteiger partial charge < -0.3 is 10.2 Å². The predicted molar refractivity (Wildman–Crippen MR) is 126 cm³/mol. The molecule has 3 rings (SSSR count). The largest absolute Gasteiger partial charge is 0.353 e. The van der Waals surface area contributed by atoms with Crippen LogP contribution in [-0.2, 0) is 14.4 Å². The van der Waals surface area contributed by atoms with Crippen LogP contribution in [0.1, 0.15) is 39.2 Å². The molecule has 1 N–H and O–H groups in total. The number of hydrogen-bond donors (Lipinski definition) is 1. The molecule has 1 unspecified atom stereocenters. The van der Waals surface area contributed by atoms with E-state index in [1.165, 1.54) is 0 Å². The molecule has 0 radical (unpaired) electrons. The number of thioether (sulfide) groups is 1. The number of nitrogens with one attached hydrogen (secondary N) is 1. The van der Waals surface area contributed by atoms with Crippen molar-refractivity contribution in [1.29, 1.82) is 0 Å². The fourth-order valence-corrected chi connectivity index (χ4v) is 4.89. The number of likely N-dealkylation sites (tertiary alicyclic amines) is 1. The van der Waals surface area contributed by atoms with Gasteiger partial charge in [-0.15, -0.1) is 0 Å². The second-order valence-corrected chi connectivity index (χ2v) is 10.5. The average Bonchev–Trinajstić information content (AvgIpc) is 3.29. The molecule has 2 aliphatic rings. The van der Waals surface area contributed by atoms with Gasteiger partial charge in [0.15, 0.2) is 0 Å². The summed E-state index contributed by atoms with van der Waals surface area (Å²) < 4.78 is 0. The molecule has 0 bridgehead atoms. The van der Waals surface area contributed by atoms with Crippen molar-refractivity contribution in [3.63, 3.8) is 0 Å². The van der Waals surface area contributed by atoms with Crippen molar-refractivity contribution in [3.8, 4) is 0 Å². The van der Waals surface area contributed by atoms with E-state index in [2.05, 4.69) is 5.32 Å². The third kappa shape index (κ3) is 5.47. The maximum atomic E-state index is 12.7. The Labute approximate surface area is 201 Å². The summed E-state index contributed by atoms with van der Waals surface area (Å²) in [6.45, 7) is 6.19. The molecule has 172 valence electrons. The minimum atomic E-state index is -0.565. The molecule has 1 atom stereocenters. The highest BCUT2D eigenvalue weighted by molar-refractivity contribution is 8.18. The third-order valence-corrected chi connectivity index (χ3v) is 6.69. The molecule has 10 heteroatoms. The lowest BCUT2D eigenvalue weighted by molar-refractivity contribution is -0.144. The molecule has 0 saturated carbocycles. The molecule has 0 spiro atoms. The lowest BCUT2D eigenvalue weighted by Gasteiger charge is -2.30. The minimum absolute atomic E-state index is 0.0437. The topological polar surface area (TPSA) is 86.8 Å². The van der Waals surface area contributed by atoms with Crippen LogP contribution < -0.4 is 5.32 Å². The van der Waals surface area contributed by atoms with Gasteiger partial charge in [0.2, 0.25) is 11.8 Å². The molecular weight excluding hydrogens is 473 g/mol. The molecule has 32 heavy (non-hydrogen) atoms. The molecule has 4 amide bonds. The first-order valence-electron chi connectivity index (χ1n) is 10.3. The highest BCUT2D eigenvalue weighted by Gasteiger charge is 2.39. The van der Waals surface area contributed by atoms with Crippen LogP contribution in [0.15, 0.2) is 23.1 Å². The van der Waals surface area contributed by atoms with E-state index in [0.29, 0.717) is 28.6 Å². The van der Waals surface area contributed by atoms with Crippen molar-refractivity contribution in [1.82, 2.24) is 15.1 Å². The van der Waals surface area contributed by atoms with Gasteiger partial charge in [-0.05, 0) is 48.4 Å². The third-order valence-electron chi connectivity index (χ3n) is 5.22. The summed E-state index contributed by atoms with van der Waals surface area (Å²) in [6.07, 6.45) is 2.91.